The van der Waals surface area contributed by atoms with Crippen molar-refractivity contribution in [1.29, 1.82) is 0 Å². The van der Waals surface area contributed by atoms with Crippen LogP contribution in [0.25, 0.3) is 0 Å². The zero-order valence-corrected chi connectivity index (χ0v) is 13.2. The quantitative estimate of drug-likeness (QED) is 0.355. The minimum Gasteiger partial charge on any atom is -0.493 e. The number of benzene rings is 1. The zero-order valence-electron chi connectivity index (χ0n) is 12.5. The van der Waals surface area contributed by atoms with Crippen molar-refractivity contribution in [2.75, 3.05) is 6.61 Å². The Balaban J connectivity index is 2.09. The minimum atomic E-state index is -0.264. The lowest BCUT2D eigenvalue weighted by Crippen LogP contribution is -2.00. The summed E-state index contributed by atoms with van der Waals surface area (Å²) in [6.45, 7) is 2.92. The third-order valence-corrected chi connectivity index (χ3v) is 3.71. The van der Waals surface area contributed by atoms with Gasteiger partial charge in [0.05, 0.1) is 12.5 Å². The van der Waals surface area contributed by atoms with Crippen LogP contribution in [0, 0.1) is 5.82 Å². The van der Waals surface area contributed by atoms with E-state index in [0.717, 1.165) is 12.0 Å². The van der Waals surface area contributed by atoms with Gasteiger partial charge < -0.3 is 4.74 Å². The van der Waals surface area contributed by atoms with Crippen LogP contribution in [0.5, 0.6) is 5.75 Å². The van der Waals surface area contributed by atoms with E-state index < -0.39 is 0 Å². The van der Waals surface area contributed by atoms with Crippen LogP contribution in [0.4, 0.5) is 4.39 Å². The molecule has 0 bridgehead atoms. The van der Waals surface area contributed by atoms with E-state index in [4.69, 9.17) is 16.3 Å². The number of unbranched alkanes of at least 4 members (excludes halogenated alkanes) is 7. The highest BCUT2D eigenvalue weighted by molar-refractivity contribution is 6.17. The Morgan fingerprint density at radius 2 is 1.65 bits per heavy atom. The van der Waals surface area contributed by atoms with Crippen LogP contribution in [-0.2, 0) is 5.88 Å². The number of hydrogen-bond acceptors (Lipinski definition) is 1. The van der Waals surface area contributed by atoms with Gasteiger partial charge >= 0.3 is 0 Å². The summed E-state index contributed by atoms with van der Waals surface area (Å²) < 4.78 is 18.7. The van der Waals surface area contributed by atoms with Crippen LogP contribution in [0.1, 0.15) is 63.9 Å². The Hall–Kier alpha value is -0.760. The predicted molar refractivity (Wildman–Crippen MR) is 84.1 cm³/mol. The maximum absolute atomic E-state index is 13.0. The predicted octanol–water partition coefficient (Wildman–Crippen LogP) is 6.08. The van der Waals surface area contributed by atoms with Crippen molar-refractivity contribution >= 4 is 11.6 Å². The molecule has 0 saturated carbocycles. The number of ether oxygens (including phenoxy) is 1. The molecule has 0 amide bonds. The normalized spacial score (nSPS) is 10.8. The molecule has 0 N–H and O–H groups in total. The molecule has 0 saturated heterocycles. The highest BCUT2D eigenvalue weighted by Gasteiger charge is 2.04. The Morgan fingerprint density at radius 1 is 1.00 bits per heavy atom. The lowest BCUT2D eigenvalue weighted by Gasteiger charge is -2.10. The molecule has 0 aliphatic carbocycles. The topological polar surface area (TPSA) is 9.23 Å². The van der Waals surface area contributed by atoms with Crippen molar-refractivity contribution in [2.45, 2.75) is 64.2 Å². The highest BCUT2D eigenvalue weighted by Crippen LogP contribution is 2.22. The molecule has 1 rings (SSSR count). The third kappa shape index (κ3) is 7.14. The van der Waals surface area contributed by atoms with Crippen molar-refractivity contribution in [3.05, 3.63) is 29.6 Å². The second-order valence-electron chi connectivity index (χ2n) is 5.21. The Labute approximate surface area is 127 Å². The summed E-state index contributed by atoms with van der Waals surface area (Å²) in [4.78, 5) is 0. The fraction of sp³-hybridized carbons (Fsp3) is 0.647. The van der Waals surface area contributed by atoms with Gasteiger partial charge in [0, 0.05) is 5.56 Å². The first-order valence-corrected chi connectivity index (χ1v) is 8.28. The summed E-state index contributed by atoms with van der Waals surface area (Å²) in [5, 5.41) is 0. The molecule has 1 aromatic rings. The van der Waals surface area contributed by atoms with Gasteiger partial charge in [-0.2, -0.15) is 0 Å². The molecule has 1 aromatic carbocycles. The average molecular weight is 301 g/mol. The molecular formula is C17H26ClFO. The smallest absolute Gasteiger partial charge is 0.123 e. The van der Waals surface area contributed by atoms with Crippen molar-refractivity contribution in [2.24, 2.45) is 0 Å². The van der Waals surface area contributed by atoms with Crippen molar-refractivity contribution in [3.8, 4) is 5.75 Å². The lowest BCUT2D eigenvalue weighted by molar-refractivity contribution is 0.301. The second-order valence-corrected chi connectivity index (χ2v) is 5.48. The zero-order chi connectivity index (χ0) is 14.6. The third-order valence-electron chi connectivity index (χ3n) is 3.42. The van der Waals surface area contributed by atoms with E-state index in [2.05, 4.69) is 6.92 Å². The van der Waals surface area contributed by atoms with Crippen LogP contribution in [0.15, 0.2) is 18.2 Å². The number of halogens is 2. The van der Waals surface area contributed by atoms with Gasteiger partial charge in [-0.25, -0.2) is 4.39 Å². The van der Waals surface area contributed by atoms with E-state index >= 15 is 0 Å². The lowest BCUT2D eigenvalue weighted by atomic mass is 10.1. The molecule has 0 aromatic heterocycles. The van der Waals surface area contributed by atoms with E-state index in [1.807, 2.05) is 0 Å². The number of alkyl halides is 1. The molecular weight excluding hydrogens is 275 g/mol. The highest BCUT2D eigenvalue weighted by atomic mass is 35.5. The molecule has 0 radical (unpaired) electrons. The van der Waals surface area contributed by atoms with Gasteiger partial charge in [-0.1, -0.05) is 51.9 Å². The van der Waals surface area contributed by atoms with E-state index in [-0.39, 0.29) is 11.7 Å². The molecule has 0 aliphatic rings. The molecule has 0 unspecified atom stereocenters. The summed E-state index contributed by atoms with van der Waals surface area (Å²) in [5.41, 5.74) is 0.728. The van der Waals surface area contributed by atoms with Crippen molar-refractivity contribution in [3.63, 3.8) is 0 Å². The molecule has 3 heteroatoms. The van der Waals surface area contributed by atoms with E-state index in [9.17, 15) is 4.39 Å². The summed E-state index contributed by atoms with van der Waals surface area (Å²) in [6.07, 6.45) is 10.2. The summed E-state index contributed by atoms with van der Waals surface area (Å²) in [6, 6.07) is 4.52. The van der Waals surface area contributed by atoms with Gasteiger partial charge in [0.2, 0.25) is 0 Å². The van der Waals surface area contributed by atoms with Crippen LogP contribution >= 0.6 is 11.6 Å². The molecule has 20 heavy (non-hydrogen) atoms. The van der Waals surface area contributed by atoms with E-state index in [0.29, 0.717) is 12.4 Å². The monoisotopic (exact) mass is 300 g/mol. The molecule has 0 spiro atoms. The van der Waals surface area contributed by atoms with Gasteiger partial charge in [0.25, 0.3) is 0 Å². The molecule has 114 valence electrons. The van der Waals surface area contributed by atoms with Gasteiger partial charge in [-0.15, -0.1) is 11.6 Å². The Morgan fingerprint density at radius 3 is 2.30 bits per heavy atom. The van der Waals surface area contributed by atoms with Gasteiger partial charge in [0.1, 0.15) is 11.6 Å². The molecule has 0 atom stereocenters. The first-order chi connectivity index (χ1) is 9.77. The average Bonchev–Trinajstić information content (AvgIpc) is 2.46. The van der Waals surface area contributed by atoms with Crippen molar-refractivity contribution < 1.29 is 9.13 Å². The Bertz CT molecular complexity index is 368. The van der Waals surface area contributed by atoms with Crippen LogP contribution in [-0.4, -0.2) is 6.61 Å². The molecule has 0 aliphatic heterocycles. The summed E-state index contributed by atoms with van der Waals surface area (Å²) in [7, 11) is 0. The first-order valence-electron chi connectivity index (χ1n) is 7.75. The van der Waals surface area contributed by atoms with Gasteiger partial charge in [-0.05, 0) is 24.6 Å². The van der Waals surface area contributed by atoms with E-state index in [1.54, 1.807) is 6.07 Å². The van der Waals surface area contributed by atoms with Gasteiger partial charge in [0.15, 0.2) is 0 Å². The molecule has 1 nitrogen and oxygen atoms in total. The number of hydrogen-bond donors (Lipinski definition) is 0. The SMILES string of the molecule is CCCCCCCCCCOc1ccc(F)cc1CCl. The van der Waals surface area contributed by atoms with Crippen molar-refractivity contribution in [1.82, 2.24) is 0 Å². The fourth-order valence-electron chi connectivity index (χ4n) is 2.21. The second kappa shape index (κ2) is 11.0. The maximum atomic E-state index is 13.0. The standard InChI is InChI=1S/C17H26ClFO/c1-2-3-4-5-6-7-8-9-12-20-17-11-10-16(19)13-15(17)14-18/h10-11,13H,2-9,12,14H2,1H3. The summed E-state index contributed by atoms with van der Waals surface area (Å²) >= 11 is 5.78. The Kier molecular flexibility index (Phi) is 9.48. The summed E-state index contributed by atoms with van der Waals surface area (Å²) in [5.74, 6) is 0.731. The van der Waals surface area contributed by atoms with E-state index in [1.165, 1.54) is 57.1 Å². The van der Waals surface area contributed by atoms with Gasteiger partial charge in [-0.3, -0.25) is 0 Å². The maximum Gasteiger partial charge on any atom is 0.123 e. The molecule has 0 heterocycles. The van der Waals surface area contributed by atoms with Crippen LogP contribution in [0.3, 0.4) is 0 Å². The number of rotatable bonds is 11. The van der Waals surface area contributed by atoms with Crippen LogP contribution < -0.4 is 4.74 Å². The minimum absolute atomic E-state index is 0.264. The fourth-order valence-corrected chi connectivity index (χ4v) is 2.42. The largest absolute Gasteiger partial charge is 0.493 e. The van der Waals surface area contributed by atoms with Crippen LogP contribution in [0.2, 0.25) is 0 Å². The first kappa shape index (κ1) is 17.3. The molecule has 0 fully saturated rings.